The molecule has 1 aliphatic heterocycles. The van der Waals surface area contributed by atoms with Gasteiger partial charge in [-0.25, -0.2) is 0 Å². The van der Waals surface area contributed by atoms with Crippen LogP contribution in [0.2, 0.25) is 0 Å². The molecule has 0 bridgehead atoms. The molecule has 1 aliphatic rings. The molecule has 1 aromatic carbocycles. The lowest BCUT2D eigenvalue weighted by Crippen LogP contribution is -2.40. The number of hydrogen-bond acceptors (Lipinski definition) is 3. The molecule has 3 heteroatoms. The maximum Gasteiger partial charge on any atom is 0.126 e. The molecule has 0 unspecified atom stereocenters. The van der Waals surface area contributed by atoms with Crippen molar-refractivity contribution in [2.45, 2.75) is 12.5 Å². The minimum atomic E-state index is 0.387. The van der Waals surface area contributed by atoms with Gasteiger partial charge in [-0.2, -0.15) is 0 Å². The van der Waals surface area contributed by atoms with E-state index in [0.717, 1.165) is 24.5 Å². The summed E-state index contributed by atoms with van der Waals surface area (Å²) in [6.45, 7) is 1.08. The number of nitrogens with zero attached hydrogens (tertiary/aromatic N) is 1. The van der Waals surface area contributed by atoms with Gasteiger partial charge in [-0.15, -0.1) is 0 Å². The van der Waals surface area contributed by atoms with Crippen LogP contribution in [0.25, 0.3) is 0 Å². The first kappa shape index (κ1) is 10.3. The van der Waals surface area contributed by atoms with Gasteiger partial charge in [-0.1, -0.05) is 0 Å². The number of ether oxygens (including phenoxy) is 1. The molecule has 0 amide bonds. The second kappa shape index (κ2) is 4.17. The zero-order valence-corrected chi connectivity index (χ0v) is 9.80. The quantitative estimate of drug-likeness (QED) is 0.808. The molecule has 0 saturated carbocycles. The molecule has 3 nitrogen and oxygen atoms in total. The van der Waals surface area contributed by atoms with Gasteiger partial charge in [-0.05, 0) is 42.8 Å². The molecular weight excluding hydrogens is 214 g/mol. The minimum Gasteiger partial charge on any atom is -0.497 e. The number of anilines is 1. The Hall–Kier alpha value is -1.90. The van der Waals surface area contributed by atoms with Crippen LogP contribution in [0.5, 0.6) is 5.75 Å². The minimum absolute atomic E-state index is 0.387. The molecule has 3 rings (SSSR count). The predicted molar refractivity (Wildman–Crippen MR) is 66.4 cm³/mol. The van der Waals surface area contributed by atoms with Crippen molar-refractivity contribution in [1.82, 2.24) is 0 Å². The highest BCUT2D eigenvalue weighted by molar-refractivity contribution is 5.52. The summed E-state index contributed by atoms with van der Waals surface area (Å²) in [5, 5.41) is 0. The van der Waals surface area contributed by atoms with E-state index in [-0.39, 0.29) is 0 Å². The summed E-state index contributed by atoms with van der Waals surface area (Å²) in [5.41, 5.74) is 1.22. The normalized spacial score (nSPS) is 18.9. The van der Waals surface area contributed by atoms with Crippen molar-refractivity contribution in [2.75, 3.05) is 18.6 Å². The monoisotopic (exact) mass is 229 g/mol. The lowest BCUT2D eigenvalue weighted by atomic mass is 9.99. The molecule has 1 saturated heterocycles. The van der Waals surface area contributed by atoms with Crippen LogP contribution in [-0.4, -0.2) is 13.7 Å². The van der Waals surface area contributed by atoms with E-state index in [1.807, 2.05) is 24.3 Å². The van der Waals surface area contributed by atoms with Crippen LogP contribution in [0.3, 0.4) is 0 Å². The Morgan fingerprint density at radius 1 is 1.24 bits per heavy atom. The van der Waals surface area contributed by atoms with Crippen molar-refractivity contribution >= 4 is 5.69 Å². The molecule has 2 heterocycles. The van der Waals surface area contributed by atoms with Crippen molar-refractivity contribution in [3.05, 3.63) is 48.4 Å². The van der Waals surface area contributed by atoms with Crippen LogP contribution in [-0.2, 0) is 0 Å². The first-order chi connectivity index (χ1) is 8.38. The van der Waals surface area contributed by atoms with Crippen molar-refractivity contribution < 1.29 is 9.15 Å². The molecule has 0 N–H and O–H groups in total. The first-order valence-corrected chi connectivity index (χ1v) is 5.82. The van der Waals surface area contributed by atoms with E-state index < -0.39 is 0 Å². The van der Waals surface area contributed by atoms with Gasteiger partial charge in [-0.3, -0.25) is 0 Å². The zero-order chi connectivity index (χ0) is 11.7. The molecule has 17 heavy (non-hydrogen) atoms. The summed E-state index contributed by atoms with van der Waals surface area (Å²) in [7, 11) is 1.68. The van der Waals surface area contributed by atoms with E-state index in [4.69, 9.17) is 9.15 Å². The summed E-state index contributed by atoms with van der Waals surface area (Å²) in [4.78, 5) is 2.35. The number of hydrogen-bond donors (Lipinski definition) is 0. The van der Waals surface area contributed by atoms with Gasteiger partial charge in [0.25, 0.3) is 0 Å². The standard InChI is InChI=1S/C14H15NO2/c1-16-12-6-4-11(5-7-12)15-9-8-13(15)14-3-2-10-17-14/h2-7,10,13H,8-9H2,1H3/t13-/m1/s1. The molecule has 1 aromatic heterocycles. The Labute approximate surface area is 101 Å². The van der Waals surface area contributed by atoms with Crippen molar-refractivity contribution in [1.29, 1.82) is 0 Å². The molecule has 0 aliphatic carbocycles. The fraction of sp³-hybridized carbons (Fsp3) is 0.286. The van der Waals surface area contributed by atoms with Crippen LogP contribution < -0.4 is 9.64 Å². The van der Waals surface area contributed by atoms with E-state index in [2.05, 4.69) is 17.0 Å². The summed E-state index contributed by atoms with van der Waals surface area (Å²) in [6.07, 6.45) is 2.89. The highest BCUT2D eigenvalue weighted by Gasteiger charge is 2.31. The van der Waals surface area contributed by atoms with E-state index in [0.29, 0.717) is 6.04 Å². The van der Waals surface area contributed by atoms with E-state index >= 15 is 0 Å². The van der Waals surface area contributed by atoms with Crippen LogP contribution in [0, 0.1) is 0 Å². The average Bonchev–Trinajstić information content (AvgIpc) is 2.82. The Morgan fingerprint density at radius 3 is 2.59 bits per heavy atom. The SMILES string of the molecule is COc1ccc(N2CC[C@@H]2c2ccco2)cc1. The molecule has 1 atom stereocenters. The fourth-order valence-corrected chi connectivity index (χ4v) is 2.25. The highest BCUT2D eigenvalue weighted by atomic mass is 16.5. The first-order valence-electron chi connectivity index (χ1n) is 5.82. The topological polar surface area (TPSA) is 25.6 Å². The Balaban J connectivity index is 1.80. The van der Waals surface area contributed by atoms with Gasteiger partial charge in [0, 0.05) is 12.2 Å². The van der Waals surface area contributed by atoms with Gasteiger partial charge in [0.1, 0.15) is 11.5 Å². The third-order valence-electron chi connectivity index (χ3n) is 3.30. The van der Waals surface area contributed by atoms with E-state index in [1.165, 1.54) is 5.69 Å². The van der Waals surface area contributed by atoms with E-state index in [1.54, 1.807) is 13.4 Å². The summed E-state index contributed by atoms with van der Waals surface area (Å²) in [5.74, 6) is 1.94. The zero-order valence-electron chi connectivity index (χ0n) is 9.80. The summed E-state index contributed by atoms with van der Waals surface area (Å²) < 4.78 is 10.6. The molecule has 1 fully saturated rings. The lowest BCUT2D eigenvalue weighted by molar-refractivity contribution is 0.374. The third kappa shape index (κ3) is 1.78. The van der Waals surface area contributed by atoms with Gasteiger partial charge < -0.3 is 14.1 Å². The summed E-state index contributed by atoms with van der Waals surface area (Å²) in [6, 6.07) is 12.5. The lowest BCUT2D eigenvalue weighted by Gasteiger charge is -2.41. The van der Waals surface area contributed by atoms with Crippen LogP contribution in [0.4, 0.5) is 5.69 Å². The van der Waals surface area contributed by atoms with Gasteiger partial charge >= 0.3 is 0 Å². The van der Waals surface area contributed by atoms with Crippen molar-refractivity contribution in [2.24, 2.45) is 0 Å². The Bertz CT molecular complexity index is 475. The molecule has 88 valence electrons. The van der Waals surface area contributed by atoms with E-state index in [9.17, 15) is 0 Å². The maximum absolute atomic E-state index is 5.47. The second-order valence-electron chi connectivity index (χ2n) is 4.21. The third-order valence-corrected chi connectivity index (χ3v) is 3.30. The molecular formula is C14H15NO2. The van der Waals surface area contributed by atoms with Gasteiger partial charge in [0.15, 0.2) is 0 Å². The second-order valence-corrected chi connectivity index (χ2v) is 4.21. The predicted octanol–water partition coefficient (Wildman–Crippen LogP) is 3.24. The fourth-order valence-electron chi connectivity index (χ4n) is 2.25. The van der Waals surface area contributed by atoms with Gasteiger partial charge in [0.05, 0.1) is 19.4 Å². The maximum atomic E-state index is 5.47. The molecule has 2 aromatic rings. The average molecular weight is 229 g/mol. The number of rotatable bonds is 3. The van der Waals surface area contributed by atoms with Crippen LogP contribution >= 0.6 is 0 Å². The van der Waals surface area contributed by atoms with Crippen LogP contribution in [0.15, 0.2) is 47.1 Å². The largest absolute Gasteiger partial charge is 0.497 e. The van der Waals surface area contributed by atoms with Crippen molar-refractivity contribution in [3.63, 3.8) is 0 Å². The number of benzene rings is 1. The van der Waals surface area contributed by atoms with Crippen molar-refractivity contribution in [3.8, 4) is 5.75 Å². The molecule has 0 radical (unpaired) electrons. The highest BCUT2D eigenvalue weighted by Crippen LogP contribution is 2.38. The van der Waals surface area contributed by atoms with Crippen LogP contribution in [0.1, 0.15) is 18.2 Å². The van der Waals surface area contributed by atoms with Gasteiger partial charge in [0.2, 0.25) is 0 Å². The number of furan rings is 1. The number of methoxy groups -OCH3 is 1. The summed E-state index contributed by atoms with van der Waals surface area (Å²) >= 11 is 0. The Kier molecular flexibility index (Phi) is 2.52. The molecule has 0 spiro atoms. The Morgan fingerprint density at radius 2 is 2.06 bits per heavy atom. The smallest absolute Gasteiger partial charge is 0.126 e.